The predicted molar refractivity (Wildman–Crippen MR) is 81.5 cm³/mol. The third-order valence-electron chi connectivity index (χ3n) is 3.76. The lowest BCUT2D eigenvalue weighted by atomic mass is 10.1. The van der Waals surface area contributed by atoms with E-state index in [1.54, 1.807) is 12.1 Å². The Morgan fingerprint density at radius 2 is 1.77 bits per heavy atom. The van der Waals surface area contributed by atoms with Crippen LogP contribution in [0.25, 0.3) is 11.3 Å². The van der Waals surface area contributed by atoms with Gasteiger partial charge in [-0.3, -0.25) is 0 Å². The second-order valence-electron chi connectivity index (χ2n) is 5.22. The van der Waals surface area contributed by atoms with Crippen molar-refractivity contribution in [1.29, 1.82) is 0 Å². The Balaban J connectivity index is 1.64. The zero-order valence-corrected chi connectivity index (χ0v) is 11.8. The molecule has 0 radical (unpaired) electrons. The first kappa shape index (κ1) is 13.0. The Bertz CT molecular complexity index is 808. The molecule has 2 aromatic carbocycles. The highest BCUT2D eigenvalue weighted by Gasteiger charge is 2.13. The smallest absolute Gasteiger partial charge is 0.231 e. The quantitative estimate of drug-likeness (QED) is 0.727. The van der Waals surface area contributed by atoms with Crippen LogP contribution in [0.2, 0.25) is 0 Å². The molecule has 110 valence electrons. The summed E-state index contributed by atoms with van der Waals surface area (Å²) in [5.74, 6) is 1.35. The second kappa shape index (κ2) is 5.22. The standard InChI is InChI=1S/C18H14FNO2/c19-15-6-4-14(5-7-15)16-2-1-9-20(16)11-13-3-8-17-18(10-13)22-12-21-17/h1-10H,11-12H2. The van der Waals surface area contributed by atoms with Crippen molar-refractivity contribution < 1.29 is 13.9 Å². The Morgan fingerprint density at radius 3 is 2.64 bits per heavy atom. The normalized spacial score (nSPS) is 12.6. The second-order valence-corrected chi connectivity index (χ2v) is 5.22. The van der Waals surface area contributed by atoms with Gasteiger partial charge in [-0.1, -0.05) is 6.07 Å². The number of hydrogen-bond acceptors (Lipinski definition) is 2. The topological polar surface area (TPSA) is 23.4 Å². The van der Waals surface area contributed by atoms with E-state index in [4.69, 9.17) is 9.47 Å². The molecule has 0 saturated carbocycles. The van der Waals surface area contributed by atoms with Gasteiger partial charge in [0.05, 0.1) is 0 Å². The summed E-state index contributed by atoms with van der Waals surface area (Å²) in [4.78, 5) is 0. The summed E-state index contributed by atoms with van der Waals surface area (Å²) < 4.78 is 25.9. The zero-order valence-electron chi connectivity index (χ0n) is 11.8. The molecule has 1 aromatic heterocycles. The Hall–Kier alpha value is -2.75. The summed E-state index contributed by atoms with van der Waals surface area (Å²) >= 11 is 0. The summed E-state index contributed by atoms with van der Waals surface area (Å²) in [7, 11) is 0. The molecule has 4 heteroatoms. The van der Waals surface area contributed by atoms with Crippen molar-refractivity contribution in [2.24, 2.45) is 0 Å². The Labute approximate surface area is 127 Å². The molecule has 1 aliphatic heterocycles. The van der Waals surface area contributed by atoms with E-state index in [1.165, 1.54) is 12.1 Å². The number of halogens is 1. The van der Waals surface area contributed by atoms with E-state index in [9.17, 15) is 4.39 Å². The van der Waals surface area contributed by atoms with Crippen LogP contribution in [0.15, 0.2) is 60.8 Å². The first-order valence-electron chi connectivity index (χ1n) is 7.09. The van der Waals surface area contributed by atoms with Gasteiger partial charge < -0.3 is 14.0 Å². The third kappa shape index (κ3) is 2.33. The van der Waals surface area contributed by atoms with E-state index in [-0.39, 0.29) is 12.6 Å². The van der Waals surface area contributed by atoms with E-state index < -0.39 is 0 Å². The maximum atomic E-state index is 13.1. The first-order chi connectivity index (χ1) is 10.8. The van der Waals surface area contributed by atoms with E-state index in [0.29, 0.717) is 0 Å². The maximum absolute atomic E-state index is 13.1. The fourth-order valence-electron chi connectivity index (χ4n) is 2.67. The van der Waals surface area contributed by atoms with Gasteiger partial charge in [0.15, 0.2) is 11.5 Å². The average Bonchev–Trinajstić information content (AvgIpc) is 3.17. The molecule has 3 nitrogen and oxygen atoms in total. The fraction of sp³-hybridized carbons (Fsp3) is 0.111. The molecule has 2 heterocycles. The van der Waals surface area contributed by atoms with E-state index in [2.05, 4.69) is 4.57 Å². The third-order valence-corrected chi connectivity index (χ3v) is 3.76. The van der Waals surface area contributed by atoms with Crippen molar-refractivity contribution in [1.82, 2.24) is 4.57 Å². The molecule has 0 atom stereocenters. The van der Waals surface area contributed by atoms with Gasteiger partial charge in [0.1, 0.15) is 5.82 Å². The summed E-state index contributed by atoms with van der Waals surface area (Å²) in [6.07, 6.45) is 2.02. The molecule has 1 aliphatic rings. The van der Waals surface area contributed by atoms with Gasteiger partial charge in [0.25, 0.3) is 0 Å². The van der Waals surface area contributed by atoms with Crippen LogP contribution in [0.1, 0.15) is 5.56 Å². The van der Waals surface area contributed by atoms with Gasteiger partial charge in [-0.15, -0.1) is 0 Å². The van der Waals surface area contributed by atoms with Crippen LogP contribution in [0.4, 0.5) is 4.39 Å². The monoisotopic (exact) mass is 295 g/mol. The van der Waals surface area contributed by atoms with Crippen LogP contribution >= 0.6 is 0 Å². The minimum absolute atomic E-state index is 0.224. The summed E-state index contributed by atoms with van der Waals surface area (Å²) in [5, 5.41) is 0. The molecule has 4 rings (SSSR count). The molecule has 0 fully saturated rings. The number of rotatable bonds is 3. The van der Waals surface area contributed by atoms with Gasteiger partial charge in [-0.25, -0.2) is 4.39 Å². The summed E-state index contributed by atoms with van der Waals surface area (Å²) in [6.45, 7) is 0.999. The highest BCUT2D eigenvalue weighted by molar-refractivity contribution is 5.60. The predicted octanol–water partition coefficient (Wildman–Crippen LogP) is 4.07. The molecule has 0 bridgehead atoms. The summed E-state index contributed by atoms with van der Waals surface area (Å²) in [6, 6.07) is 16.5. The first-order valence-corrected chi connectivity index (χ1v) is 7.09. The van der Waals surface area contributed by atoms with Crippen LogP contribution in [0.3, 0.4) is 0 Å². The van der Waals surface area contributed by atoms with Crippen LogP contribution in [-0.2, 0) is 6.54 Å². The number of hydrogen-bond donors (Lipinski definition) is 0. The van der Waals surface area contributed by atoms with Crippen LogP contribution in [0, 0.1) is 5.82 Å². The SMILES string of the molecule is Fc1ccc(-c2cccn2Cc2ccc3c(c2)OCO3)cc1. The largest absolute Gasteiger partial charge is 0.454 e. The molecule has 0 unspecified atom stereocenters. The molecular formula is C18H14FNO2. The molecular weight excluding hydrogens is 281 g/mol. The average molecular weight is 295 g/mol. The van der Waals surface area contributed by atoms with Crippen molar-refractivity contribution in [2.75, 3.05) is 6.79 Å². The van der Waals surface area contributed by atoms with Gasteiger partial charge in [0, 0.05) is 18.4 Å². The number of aromatic nitrogens is 1. The highest BCUT2D eigenvalue weighted by Crippen LogP contribution is 2.33. The van der Waals surface area contributed by atoms with Gasteiger partial charge >= 0.3 is 0 Å². The minimum Gasteiger partial charge on any atom is -0.454 e. The van der Waals surface area contributed by atoms with E-state index >= 15 is 0 Å². The van der Waals surface area contributed by atoms with E-state index in [0.717, 1.165) is 34.9 Å². The number of ether oxygens (including phenoxy) is 2. The fourth-order valence-corrected chi connectivity index (χ4v) is 2.67. The minimum atomic E-state index is -0.224. The van der Waals surface area contributed by atoms with Crippen LogP contribution in [0.5, 0.6) is 11.5 Å². The van der Waals surface area contributed by atoms with Crippen molar-refractivity contribution in [3.05, 3.63) is 72.2 Å². The van der Waals surface area contributed by atoms with Gasteiger partial charge in [-0.05, 0) is 59.7 Å². The molecule has 0 spiro atoms. The van der Waals surface area contributed by atoms with E-state index in [1.807, 2.05) is 36.5 Å². The Kier molecular flexibility index (Phi) is 3.07. The zero-order chi connectivity index (χ0) is 14.9. The number of nitrogens with zero attached hydrogens (tertiary/aromatic N) is 1. The van der Waals surface area contributed by atoms with Gasteiger partial charge in [0.2, 0.25) is 6.79 Å². The molecule has 0 N–H and O–H groups in total. The molecule has 0 amide bonds. The van der Waals surface area contributed by atoms with Crippen molar-refractivity contribution in [3.63, 3.8) is 0 Å². The van der Waals surface area contributed by atoms with Crippen molar-refractivity contribution >= 4 is 0 Å². The van der Waals surface area contributed by atoms with Crippen molar-refractivity contribution in [3.8, 4) is 22.8 Å². The molecule has 0 aliphatic carbocycles. The highest BCUT2D eigenvalue weighted by atomic mass is 19.1. The molecule has 3 aromatic rings. The lowest BCUT2D eigenvalue weighted by Gasteiger charge is -2.10. The lowest BCUT2D eigenvalue weighted by Crippen LogP contribution is -2.00. The maximum Gasteiger partial charge on any atom is 0.231 e. The number of fused-ring (bicyclic) bond motifs is 1. The lowest BCUT2D eigenvalue weighted by molar-refractivity contribution is 0.174. The molecule has 22 heavy (non-hydrogen) atoms. The summed E-state index contributed by atoms with van der Waals surface area (Å²) in [5.41, 5.74) is 3.17. The van der Waals surface area contributed by atoms with Crippen molar-refractivity contribution in [2.45, 2.75) is 6.54 Å². The van der Waals surface area contributed by atoms with Gasteiger partial charge in [-0.2, -0.15) is 0 Å². The number of benzene rings is 2. The molecule has 0 saturated heterocycles. The van der Waals surface area contributed by atoms with Crippen LogP contribution < -0.4 is 9.47 Å². The Morgan fingerprint density at radius 1 is 0.955 bits per heavy atom. The van der Waals surface area contributed by atoms with Crippen LogP contribution in [-0.4, -0.2) is 11.4 Å².